The van der Waals surface area contributed by atoms with Crippen LogP contribution in [0.25, 0.3) is 6.08 Å². The molecule has 0 bridgehead atoms. The summed E-state index contributed by atoms with van der Waals surface area (Å²) in [6.45, 7) is 0.278. The topological polar surface area (TPSA) is 42.0 Å². The van der Waals surface area contributed by atoms with Gasteiger partial charge in [-0.1, -0.05) is 29.8 Å². The molecule has 0 aliphatic heterocycles. The van der Waals surface area contributed by atoms with Gasteiger partial charge < -0.3 is 5.32 Å². The molecule has 1 aromatic heterocycles. The molecule has 0 aliphatic rings. The van der Waals surface area contributed by atoms with Gasteiger partial charge >= 0.3 is 6.18 Å². The summed E-state index contributed by atoms with van der Waals surface area (Å²) in [5.41, 5.74) is 0.557. The lowest BCUT2D eigenvalue weighted by molar-refractivity contribution is -0.137. The molecular formula is C16H12ClF3N2O. The SMILES string of the molecule is O=C(C=Cc1ccc(C(F)(F)F)cc1)NCc1ccc(Cl)nc1. The van der Waals surface area contributed by atoms with Gasteiger partial charge in [-0.25, -0.2) is 4.98 Å². The number of halogens is 4. The van der Waals surface area contributed by atoms with E-state index < -0.39 is 11.7 Å². The Balaban J connectivity index is 1.89. The van der Waals surface area contributed by atoms with Crippen LogP contribution in [0.4, 0.5) is 13.2 Å². The molecule has 0 atom stereocenters. The quantitative estimate of drug-likeness (QED) is 0.673. The van der Waals surface area contributed by atoms with Crippen LogP contribution in [0.3, 0.4) is 0 Å². The molecule has 1 heterocycles. The van der Waals surface area contributed by atoms with Crippen LogP contribution in [-0.2, 0) is 17.5 Å². The van der Waals surface area contributed by atoms with E-state index in [0.29, 0.717) is 10.7 Å². The first kappa shape index (κ1) is 17.0. The number of nitrogens with zero attached hydrogens (tertiary/aromatic N) is 1. The average molecular weight is 341 g/mol. The average Bonchev–Trinajstić information content (AvgIpc) is 2.52. The zero-order valence-electron chi connectivity index (χ0n) is 11.8. The van der Waals surface area contributed by atoms with Crippen molar-refractivity contribution in [3.05, 3.63) is 70.5 Å². The summed E-state index contributed by atoms with van der Waals surface area (Å²) in [6, 6.07) is 7.88. The van der Waals surface area contributed by atoms with Gasteiger partial charge in [0.1, 0.15) is 5.15 Å². The number of carbonyl (C=O) groups is 1. The molecule has 0 radical (unpaired) electrons. The number of hydrogen-bond donors (Lipinski definition) is 1. The molecule has 0 aliphatic carbocycles. The van der Waals surface area contributed by atoms with E-state index in [1.54, 1.807) is 18.3 Å². The number of hydrogen-bond acceptors (Lipinski definition) is 2. The Hall–Kier alpha value is -2.34. The number of alkyl halides is 3. The molecule has 3 nitrogen and oxygen atoms in total. The van der Waals surface area contributed by atoms with Crippen molar-refractivity contribution in [3.8, 4) is 0 Å². The Kier molecular flexibility index (Phi) is 5.39. The first-order valence-electron chi connectivity index (χ1n) is 6.58. The Morgan fingerprint density at radius 3 is 2.43 bits per heavy atom. The van der Waals surface area contributed by atoms with E-state index in [1.165, 1.54) is 24.3 Å². The molecule has 0 saturated carbocycles. The number of nitrogens with one attached hydrogen (secondary N) is 1. The fraction of sp³-hybridized carbons (Fsp3) is 0.125. The number of benzene rings is 1. The number of rotatable bonds is 4. The van der Waals surface area contributed by atoms with Crippen molar-refractivity contribution >= 4 is 23.6 Å². The minimum absolute atomic E-state index is 0.278. The van der Waals surface area contributed by atoms with Gasteiger partial charge in [0.15, 0.2) is 0 Å². The summed E-state index contributed by atoms with van der Waals surface area (Å²) in [6.07, 6.45) is -0.129. The molecule has 7 heteroatoms. The number of amides is 1. The Labute approximate surface area is 135 Å². The van der Waals surface area contributed by atoms with Crippen LogP contribution in [0.1, 0.15) is 16.7 Å². The van der Waals surface area contributed by atoms with Crippen LogP contribution >= 0.6 is 11.6 Å². The van der Waals surface area contributed by atoms with Crippen LogP contribution in [0.2, 0.25) is 5.15 Å². The summed E-state index contributed by atoms with van der Waals surface area (Å²) in [7, 11) is 0. The highest BCUT2D eigenvalue weighted by Gasteiger charge is 2.29. The van der Waals surface area contributed by atoms with Crippen LogP contribution in [0.15, 0.2) is 48.7 Å². The third kappa shape index (κ3) is 5.41. The van der Waals surface area contributed by atoms with Gasteiger partial charge in [0.2, 0.25) is 5.91 Å². The maximum Gasteiger partial charge on any atom is 0.416 e. The summed E-state index contributed by atoms with van der Waals surface area (Å²) < 4.78 is 37.3. The van der Waals surface area contributed by atoms with Crippen LogP contribution in [-0.4, -0.2) is 10.9 Å². The molecule has 1 amide bonds. The van der Waals surface area contributed by atoms with Gasteiger partial charge in [-0.15, -0.1) is 0 Å². The molecule has 0 fully saturated rings. The smallest absolute Gasteiger partial charge is 0.348 e. The summed E-state index contributed by atoms with van der Waals surface area (Å²) in [4.78, 5) is 15.5. The molecule has 23 heavy (non-hydrogen) atoms. The highest BCUT2D eigenvalue weighted by Crippen LogP contribution is 2.29. The summed E-state index contributed by atoms with van der Waals surface area (Å²) in [5, 5.41) is 3.00. The van der Waals surface area contributed by atoms with Gasteiger partial charge in [0.25, 0.3) is 0 Å². The standard InChI is InChI=1S/C16H12ClF3N2O/c17-14-7-3-12(9-21-14)10-22-15(23)8-4-11-1-5-13(6-2-11)16(18,19)20/h1-9H,10H2,(H,22,23). The highest BCUT2D eigenvalue weighted by atomic mass is 35.5. The Morgan fingerprint density at radius 2 is 1.87 bits per heavy atom. The van der Waals surface area contributed by atoms with Crippen molar-refractivity contribution in [3.63, 3.8) is 0 Å². The predicted molar refractivity (Wildman–Crippen MR) is 81.6 cm³/mol. The molecule has 0 spiro atoms. The zero-order valence-corrected chi connectivity index (χ0v) is 12.5. The van der Waals surface area contributed by atoms with Crippen molar-refractivity contribution < 1.29 is 18.0 Å². The molecule has 2 rings (SSSR count). The molecule has 0 unspecified atom stereocenters. The van der Waals surface area contributed by atoms with Crippen molar-refractivity contribution in [1.29, 1.82) is 0 Å². The first-order chi connectivity index (χ1) is 10.8. The number of carbonyl (C=O) groups excluding carboxylic acids is 1. The molecular weight excluding hydrogens is 329 g/mol. The van der Waals surface area contributed by atoms with Crippen LogP contribution in [0.5, 0.6) is 0 Å². The minimum atomic E-state index is -4.37. The van der Waals surface area contributed by atoms with E-state index in [1.807, 2.05) is 0 Å². The molecule has 1 aromatic carbocycles. The second-order valence-electron chi connectivity index (χ2n) is 4.66. The zero-order chi connectivity index (χ0) is 16.9. The normalized spacial score (nSPS) is 11.7. The van der Waals surface area contributed by atoms with E-state index in [9.17, 15) is 18.0 Å². The number of aromatic nitrogens is 1. The van der Waals surface area contributed by atoms with Gasteiger partial charge in [0.05, 0.1) is 5.56 Å². The monoisotopic (exact) mass is 340 g/mol. The maximum absolute atomic E-state index is 12.4. The third-order valence-corrected chi connectivity index (χ3v) is 3.14. The van der Waals surface area contributed by atoms with Crippen molar-refractivity contribution in [1.82, 2.24) is 10.3 Å². The largest absolute Gasteiger partial charge is 0.416 e. The molecule has 1 N–H and O–H groups in total. The first-order valence-corrected chi connectivity index (χ1v) is 6.96. The van der Waals surface area contributed by atoms with Crippen molar-refractivity contribution in [2.24, 2.45) is 0 Å². The fourth-order valence-corrected chi connectivity index (χ4v) is 1.83. The lowest BCUT2D eigenvalue weighted by Crippen LogP contribution is -2.20. The van der Waals surface area contributed by atoms with E-state index >= 15 is 0 Å². The number of pyridine rings is 1. The lowest BCUT2D eigenvalue weighted by atomic mass is 10.1. The van der Waals surface area contributed by atoms with Gasteiger partial charge in [0, 0.05) is 18.8 Å². The van der Waals surface area contributed by atoms with Gasteiger partial charge in [-0.05, 0) is 35.4 Å². The van der Waals surface area contributed by atoms with E-state index in [-0.39, 0.29) is 12.5 Å². The van der Waals surface area contributed by atoms with Crippen LogP contribution < -0.4 is 5.32 Å². The highest BCUT2D eigenvalue weighted by molar-refractivity contribution is 6.29. The van der Waals surface area contributed by atoms with E-state index in [4.69, 9.17) is 11.6 Å². The second kappa shape index (κ2) is 7.28. The Morgan fingerprint density at radius 1 is 1.17 bits per heavy atom. The second-order valence-corrected chi connectivity index (χ2v) is 5.05. The van der Waals surface area contributed by atoms with E-state index in [0.717, 1.165) is 17.7 Å². The van der Waals surface area contributed by atoms with Crippen molar-refractivity contribution in [2.75, 3.05) is 0 Å². The minimum Gasteiger partial charge on any atom is -0.348 e. The molecule has 120 valence electrons. The molecule has 0 saturated heterocycles. The molecule has 2 aromatic rings. The van der Waals surface area contributed by atoms with Gasteiger partial charge in [-0.2, -0.15) is 13.2 Å². The van der Waals surface area contributed by atoms with Crippen molar-refractivity contribution in [2.45, 2.75) is 12.7 Å². The Bertz CT molecular complexity index is 695. The van der Waals surface area contributed by atoms with Crippen LogP contribution in [0, 0.1) is 0 Å². The lowest BCUT2D eigenvalue weighted by Gasteiger charge is -2.06. The third-order valence-electron chi connectivity index (χ3n) is 2.92. The van der Waals surface area contributed by atoms with E-state index in [2.05, 4.69) is 10.3 Å². The predicted octanol–water partition coefficient (Wildman–Crippen LogP) is 4.08. The fourth-order valence-electron chi connectivity index (χ4n) is 1.71. The maximum atomic E-state index is 12.4. The van der Waals surface area contributed by atoms with Gasteiger partial charge in [-0.3, -0.25) is 4.79 Å². The summed E-state index contributed by atoms with van der Waals surface area (Å²) >= 11 is 5.65. The summed E-state index contributed by atoms with van der Waals surface area (Å²) in [5.74, 6) is -0.361.